The number of hydrogen-bond acceptors (Lipinski definition) is 2. The molecule has 2 atom stereocenters. The van der Waals surface area contributed by atoms with Gasteiger partial charge in [0, 0.05) is 13.1 Å². The summed E-state index contributed by atoms with van der Waals surface area (Å²) in [4.78, 5) is 10.8. The minimum Gasteiger partial charge on any atom is -0.289 e. The molecule has 0 bridgehead atoms. The van der Waals surface area contributed by atoms with E-state index in [0.717, 1.165) is 0 Å². The molecular weight excluding hydrogens is 116 g/mol. The minimum absolute atomic E-state index is 0.130. The van der Waals surface area contributed by atoms with Crippen molar-refractivity contribution < 1.29 is 4.79 Å². The second-order valence-corrected chi connectivity index (χ2v) is 2.62. The number of amides is 1. The van der Waals surface area contributed by atoms with Gasteiger partial charge in [-0.05, 0) is 6.92 Å². The van der Waals surface area contributed by atoms with E-state index in [-0.39, 0.29) is 11.8 Å². The van der Waals surface area contributed by atoms with Crippen molar-refractivity contribution in [3.8, 4) is 0 Å². The number of carbonyl (C=O) groups is 1. The Labute approximate surface area is 55.0 Å². The van der Waals surface area contributed by atoms with Gasteiger partial charge < -0.3 is 0 Å². The Balaban J connectivity index is 2.65. The van der Waals surface area contributed by atoms with Crippen molar-refractivity contribution in [1.29, 1.82) is 0 Å². The molecule has 0 aliphatic carbocycles. The van der Waals surface area contributed by atoms with E-state index in [1.165, 1.54) is 0 Å². The first-order valence-corrected chi connectivity index (χ1v) is 3.16. The normalized spacial score (nSPS) is 37.0. The van der Waals surface area contributed by atoms with Gasteiger partial charge in [0.1, 0.15) is 0 Å². The molecule has 1 N–H and O–H groups in total. The number of carbonyl (C=O) groups excluding carboxylic acids is 1. The number of hydrogen-bond donors (Lipinski definition) is 1. The number of rotatable bonds is 0. The second kappa shape index (κ2) is 1.99. The highest BCUT2D eigenvalue weighted by Crippen LogP contribution is 2.13. The van der Waals surface area contributed by atoms with E-state index in [1.807, 2.05) is 25.9 Å². The number of hydrazine groups is 1. The molecule has 1 fully saturated rings. The first-order chi connectivity index (χ1) is 4.13. The minimum atomic E-state index is 0.130. The van der Waals surface area contributed by atoms with E-state index in [1.54, 1.807) is 0 Å². The standard InChI is InChI=1S/C6H12N2O/c1-4-5(2)8(3)7-6(4)9/h4-5H,1-3H3,(H,7,9). The Morgan fingerprint density at radius 2 is 2.11 bits per heavy atom. The first-order valence-electron chi connectivity index (χ1n) is 3.16. The van der Waals surface area contributed by atoms with Gasteiger partial charge in [0.25, 0.3) is 0 Å². The van der Waals surface area contributed by atoms with E-state index in [0.29, 0.717) is 6.04 Å². The molecule has 52 valence electrons. The lowest BCUT2D eigenvalue weighted by Gasteiger charge is -2.13. The molecular formula is C6H12N2O. The molecule has 0 saturated carbocycles. The zero-order valence-electron chi connectivity index (χ0n) is 6.01. The third-order valence-electron chi connectivity index (χ3n) is 2.03. The molecule has 0 aromatic carbocycles. The van der Waals surface area contributed by atoms with Crippen LogP contribution in [0.2, 0.25) is 0 Å². The van der Waals surface area contributed by atoms with Gasteiger partial charge in [0.05, 0.1) is 5.92 Å². The molecule has 1 aliphatic rings. The second-order valence-electron chi connectivity index (χ2n) is 2.62. The molecule has 1 aliphatic heterocycles. The van der Waals surface area contributed by atoms with E-state index in [9.17, 15) is 4.79 Å². The van der Waals surface area contributed by atoms with Crippen LogP contribution in [0.3, 0.4) is 0 Å². The number of nitrogens with zero attached hydrogens (tertiary/aromatic N) is 1. The van der Waals surface area contributed by atoms with Crippen LogP contribution in [-0.4, -0.2) is 24.0 Å². The summed E-state index contributed by atoms with van der Waals surface area (Å²) in [5, 5.41) is 1.84. The fraction of sp³-hybridized carbons (Fsp3) is 0.833. The highest BCUT2D eigenvalue weighted by atomic mass is 16.2. The lowest BCUT2D eigenvalue weighted by atomic mass is 10.1. The van der Waals surface area contributed by atoms with Crippen LogP contribution in [0.5, 0.6) is 0 Å². The van der Waals surface area contributed by atoms with Crippen LogP contribution in [0.25, 0.3) is 0 Å². The van der Waals surface area contributed by atoms with E-state index in [2.05, 4.69) is 5.43 Å². The maximum Gasteiger partial charge on any atom is 0.238 e. The van der Waals surface area contributed by atoms with Crippen molar-refractivity contribution in [2.45, 2.75) is 19.9 Å². The van der Waals surface area contributed by atoms with Crippen molar-refractivity contribution in [1.82, 2.24) is 10.4 Å². The lowest BCUT2D eigenvalue weighted by Crippen LogP contribution is -2.32. The van der Waals surface area contributed by atoms with Crippen LogP contribution < -0.4 is 5.43 Å². The lowest BCUT2D eigenvalue weighted by molar-refractivity contribution is -0.123. The predicted octanol–water partition coefficient (Wildman–Crippen LogP) is -0.0124. The van der Waals surface area contributed by atoms with Crippen LogP contribution in [0.1, 0.15) is 13.8 Å². The maximum absolute atomic E-state index is 10.8. The van der Waals surface area contributed by atoms with Gasteiger partial charge in [-0.1, -0.05) is 6.92 Å². The Morgan fingerprint density at radius 3 is 2.22 bits per heavy atom. The molecule has 0 aromatic rings. The Morgan fingerprint density at radius 1 is 1.56 bits per heavy atom. The van der Waals surface area contributed by atoms with Crippen molar-refractivity contribution in [3.05, 3.63) is 0 Å². The first kappa shape index (κ1) is 6.55. The summed E-state index contributed by atoms with van der Waals surface area (Å²) in [6, 6.07) is 0.331. The molecule has 2 unspecified atom stereocenters. The quantitative estimate of drug-likeness (QED) is 0.497. The molecule has 0 spiro atoms. The molecule has 9 heavy (non-hydrogen) atoms. The molecule has 1 saturated heterocycles. The summed E-state index contributed by atoms with van der Waals surface area (Å²) < 4.78 is 0. The third-order valence-corrected chi connectivity index (χ3v) is 2.03. The summed E-state index contributed by atoms with van der Waals surface area (Å²) in [5.74, 6) is 0.264. The van der Waals surface area contributed by atoms with Crippen LogP contribution in [0.15, 0.2) is 0 Å². The molecule has 3 nitrogen and oxygen atoms in total. The highest BCUT2D eigenvalue weighted by molar-refractivity contribution is 5.80. The molecule has 3 heteroatoms. The van der Waals surface area contributed by atoms with Crippen LogP contribution in [0, 0.1) is 5.92 Å². The van der Waals surface area contributed by atoms with E-state index in [4.69, 9.17) is 0 Å². The zero-order chi connectivity index (χ0) is 7.02. The Kier molecular flexibility index (Phi) is 1.45. The van der Waals surface area contributed by atoms with Gasteiger partial charge in [-0.3, -0.25) is 10.2 Å². The van der Waals surface area contributed by atoms with Crippen molar-refractivity contribution in [2.24, 2.45) is 5.92 Å². The van der Waals surface area contributed by atoms with Crippen LogP contribution in [0.4, 0.5) is 0 Å². The fourth-order valence-corrected chi connectivity index (χ4v) is 0.932. The molecule has 0 aromatic heterocycles. The van der Waals surface area contributed by atoms with Gasteiger partial charge in [-0.2, -0.15) is 0 Å². The fourth-order valence-electron chi connectivity index (χ4n) is 0.932. The van der Waals surface area contributed by atoms with Crippen molar-refractivity contribution in [3.63, 3.8) is 0 Å². The third kappa shape index (κ3) is 0.920. The summed E-state index contributed by atoms with van der Waals surface area (Å²) in [5.41, 5.74) is 2.71. The molecule has 0 radical (unpaired) electrons. The summed E-state index contributed by atoms with van der Waals surface area (Å²) in [6.07, 6.45) is 0. The zero-order valence-corrected chi connectivity index (χ0v) is 6.01. The predicted molar refractivity (Wildman–Crippen MR) is 34.5 cm³/mol. The molecule has 1 heterocycles. The molecule has 1 amide bonds. The average molecular weight is 128 g/mol. The highest BCUT2D eigenvalue weighted by Gasteiger charge is 2.31. The van der Waals surface area contributed by atoms with Crippen molar-refractivity contribution >= 4 is 5.91 Å². The van der Waals surface area contributed by atoms with Gasteiger partial charge in [0.2, 0.25) is 5.91 Å². The summed E-state index contributed by atoms with van der Waals surface area (Å²) >= 11 is 0. The SMILES string of the molecule is CC1C(=O)NN(C)C1C. The Bertz CT molecular complexity index is 135. The smallest absolute Gasteiger partial charge is 0.238 e. The van der Waals surface area contributed by atoms with Gasteiger partial charge >= 0.3 is 0 Å². The van der Waals surface area contributed by atoms with Gasteiger partial charge in [-0.15, -0.1) is 0 Å². The van der Waals surface area contributed by atoms with Crippen molar-refractivity contribution in [2.75, 3.05) is 7.05 Å². The van der Waals surface area contributed by atoms with Crippen LogP contribution in [-0.2, 0) is 4.79 Å². The van der Waals surface area contributed by atoms with Crippen LogP contribution >= 0.6 is 0 Å². The monoisotopic (exact) mass is 128 g/mol. The maximum atomic E-state index is 10.8. The average Bonchev–Trinajstić information content (AvgIpc) is 1.98. The summed E-state index contributed by atoms with van der Waals surface area (Å²) in [7, 11) is 1.88. The van der Waals surface area contributed by atoms with Gasteiger partial charge in [0.15, 0.2) is 0 Å². The Hall–Kier alpha value is -0.570. The largest absolute Gasteiger partial charge is 0.289 e. The van der Waals surface area contributed by atoms with Gasteiger partial charge in [-0.25, -0.2) is 5.01 Å². The summed E-state index contributed by atoms with van der Waals surface area (Å²) in [6.45, 7) is 3.96. The topological polar surface area (TPSA) is 32.3 Å². The molecule has 1 rings (SSSR count). The van der Waals surface area contributed by atoms with E-state index < -0.39 is 0 Å². The van der Waals surface area contributed by atoms with E-state index >= 15 is 0 Å². The number of nitrogens with one attached hydrogen (secondary N) is 1.